The van der Waals surface area contributed by atoms with Crippen LogP contribution < -0.4 is 0 Å². The quantitative estimate of drug-likeness (QED) is 0.323. The Kier molecular flexibility index (Phi) is 35.2. The zero-order valence-electron chi connectivity index (χ0n) is 16.8. The van der Waals surface area contributed by atoms with Gasteiger partial charge < -0.3 is 35.3 Å². The Labute approximate surface area is 218 Å². The van der Waals surface area contributed by atoms with Crippen molar-refractivity contribution < 1.29 is 95.1 Å². The summed E-state index contributed by atoms with van der Waals surface area (Å²) >= 11 is 0. The Bertz CT molecular complexity index is 364. The number of rotatable bonds is 4. The van der Waals surface area contributed by atoms with Crippen LogP contribution in [0.4, 0.5) is 0 Å². The van der Waals surface area contributed by atoms with Crippen LogP contribution in [-0.2, 0) is 79.8 Å². The number of hydrogen-bond acceptors (Lipinski definition) is 6. The van der Waals surface area contributed by atoms with Crippen LogP contribution in [0.25, 0.3) is 5.32 Å². The summed E-state index contributed by atoms with van der Waals surface area (Å²) in [5.74, 6) is -0.784. The molecule has 0 atom stereocenters. The van der Waals surface area contributed by atoms with Crippen LogP contribution in [0.3, 0.4) is 0 Å². The van der Waals surface area contributed by atoms with E-state index in [1.54, 1.807) is 0 Å². The molecule has 1 aliphatic rings. The Hall–Kier alpha value is 0.458. The molecule has 0 unspecified atom stereocenters. The van der Waals surface area contributed by atoms with E-state index in [2.05, 4.69) is 29.0 Å². The van der Waals surface area contributed by atoms with E-state index in [0.29, 0.717) is 6.54 Å². The maximum Gasteiger partial charge on any atom is 0.315 e. The van der Waals surface area contributed by atoms with Gasteiger partial charge in [0.2, 0.25) is 0 Å². The third-order valence-electron chi connectivity index (χ3n) is 3.71. The van der Waals surface area contributed by atoms with E-state index in [1.807, 2.05) is 11.4 Å². The molecule has 2 radical (unpaired) electrons. The molecule has 0 aromatic rings. The van der Waals surface area contributed by atoms with Gasteiger partial charge in [0.25, 0.3) is 12.9 Å². The van der Waals surface area contributed by atoms with Crippen molar-refractivity contribution in [3.8, 4) is 0 Å². The molecule has 0 bridgehead atoms. The average molecular weight is 554 g/mol. The Morgan fingerprint density at radius 2 is 1.39 bits per heavy atom. The van der Waals surface area contributed by atoms with E-state index in [-0.39, 0.29) is 84.9 Å². The van der Waals surface area contributed by atoms with Crippen molar-refractivity contribution >= 4 is 18.9 Å². The molecular formula is C16H32N4O6Y2-2. The first-order valence-corrected chi connectivity index (χ1v) is 8.51. The Morgan fingerprint density at radius 3 is 1.82 bits per heavy atom. The van der Waals surface area contributed by atoms with Gasteiger partial charge in [-0.2, -0.15) is 0 Å². The van der Waals surface area contributed by atoms with Gasteiger partial charge in [-0.15, -0.1) is 6.54 Å². The molecule has 1 heterocycles. The van der Waals surface area contributed by atoms with Crippen molar-refractivity contribution in [1.29, 1.82) is 0 Å². The summed E-state index contributed by atoms with van der Waals surface area (Å²) in [5.41, 5.74) is 0. The van der Waals surface area contributed by atoms with Gasteiger partial charge in [0.05, 0.1) is 6.54 Å². The molecule has 10 nitrogen and oxygen atoms in total. The summed E-state index contributed by atoms with van der Waals surface area (Å²) in [6, 6.07) is 0. The summed E-state index contributed by atoms with van der Waals surface area (Å²) in [4.78, 5) is 34.3. The van der Waals surface area contributed by atoms with E-state index in [0.717, 1.165) is 52.4 Å². The molecule has 0 aliphatic carbocycles. The van der Waals surface area contributed by atoms with Gasteiger partial charge in [0.1, 0.15) is 0 Å². The molecule has 3 N–H and O–H groups in total. The standard InChI is InChI=1S/C14H28N4O2.2CH2O2.2Y/c1-3-16-7-5-15-6-8-18(13-14(19)20)12-11-17(4-2)10-9-16;2*2-1-3;;/h8H,3-7,9-13H2,1-2H3,(H,19,20);2*1H,(H,2,3);;/q-2;;;;. The van der Waals surface area contributed by atoms with Gasteiger partial charge in [-0.25, -0.2) is 0 Å². The molecule has 160 valence electrons. The topological polar surface area (TPSA) is 136 Å². The fourth-order valence-electron chi connectivity index (χ4n) is 2.29. The first kappa shape index (κ1) is 35.9. The van der Waals surface area contributed by atoms with Crippen molar-refractivity contribution in [3.63, 3.8) is 0 Å². The van der Waals surface area contributed by atoms with E-state index in [4.69, 9.17) is 24.9 Å². The third-order valence-corrected chi connectivity index (χ3v) is 3.71. The predicted molar refractivity (Wildman–Crippen MR) is 98.2 cm³/mol. The average Bonchev–Trinajstić information content (AvgIpc) is 2.58. The molecule has 0 saturated carbocycles. The monoisotopic (exact) mass is 554 g/mol. The Balaban J connectivity index is -0.000000319. The van der Waals surface area contributed by atoms with Crippen LogP contribution in [0, 0.1) is 6.54 Å². The minimum absolute atomic E-state index is 0. The fraction of sp³-hybridized carbons (Fsp3) is 0.750. The summed E-state index contributed by atoms with van der Waals surface area (Å²) in [6.45, 7) is 14.0. The first-order chi connectivity index (χ1) is 12.5. The molecule has 0 amide bonds. The number of carboxylic acids is 1. The maximum absolute atomic E-state index is 10.9. The summed E-state index contributed by atoms with van der Waals surface area (Å²) < 4.78 is 0. The van der Waals surface area contributed by atoms with E-state index in [9.17, 15) is 4.79 Å². The second-order valence-corrected chi connectivity index (χ2v) is 5.26. The first-order valence-electron chi connectivity index (χ1n) is 8.51. The molecule has 0 aromatic heterocycles. The van der Waals surface area contributed by atoms with Crippen LogP contribution in [-0.4, -0.2) is 114 Å². The van der Waals surface area contributed by atoms with Gasteiger partial charge in [-0.1, -0.05) is 13.8 Å². The minimum Gasteiger partial charge on any atom is -0.686 e. The Morgan fingerprint density at radius 1 is 0.964 bits per heavy atom. The summed E-state index contributed by atoms with van der Waals surface area (Å²) in [5, 5.41) is 27.2. The van der Waals surface area contributed by atoms with Gasteiger partial charge in [-0.3, -0.25) is 27.5 Å². The zero-order valence-corrected chi connectivity index (χ0v) is 22.5. The number of hydrogen-bond donors (Lipinski definition) is 3. The van der Waals surface area contributed by atoms with Gasteiger partial charge in [0.15, 0.2) is 0 Å². The van der Waals surface area contributed by atoms with Crippen LogP contribution in [0.5, 0.6) is 0 Å². The van der Waals surface area contributed by atoms with Crippen molar-refractivity contribution in [3.05, 3.63) is 11.9 Å². The minimum atomic E-state index is -0.784. The van der Waals surface area contributed by atoms with Crippen molar-refractivity contribution in [2.75, 3.05) is 65.4 Å². The van der Waals surface area contributed by atoms with Crippen LogP contribution >= 0.6 is 0 Å². The second kappa shape index (κ2) is 27.5. The molecular weight excluding hydrogens is 522 g/mol. The van der Waals surface area contributed by atoms with Gasteiger partial charge in [-0.05, 0) is 26.2 Å². The number of nitrogens with zero attached hydrogens (tertiary/aromatic N) is 4. The van der Waals surface area contributed by atoms with E-state index < -0.39 is 5.97 Å². The van der Waals surface area contributed by atoms with E-state index >= 15 is 0 Å². The van der Waals surface area contributed by atoms with Crippen LogP contribution in [0.15, 0.2) is 0 Å². The molecule has 0 spiro atoms. The molecule has 0 aromatic carbocycles. The molecule has 1 fully saturated rings. The number of likely N-dealkylation sites (N-methyl/N-ethyl adjacent to an activating group) is 2. The number of carboxylic acid groups (broad SMARTS) is 3. The molecule has 12 heteroatoms. The molecule has 1 saturated heterocycles. The number of carbonyl (C=O) groups is 3. The SMILES string of the molecule is CCN1CC[N-]C[CH-]N(CC(=O)O)CCN(CC)CC1.O=CO.O=CO.[Y].[Y]. The van der Waals surface area contributed by atoms with Crippen LogP contribution in [0.2, 0.25) is 0 Å². The van der Waals surface area contributed by atoms with Gasteiger partial charge >= 0.3 is 5.97 Å². The maximum atomic E-state index is 10.9. The van der Waals surface area contributed by atoms with Crippen LogP contribution in [0.1, 0.15) is 13.8 Å². The molecule has 1 aliphatic heterocycles. The largest absolute Gasteiger partial charge is 0.686 e. The summed E-state index contributed by atoms with van der Waals surface area (Å²) in [7, 11) is 0. The van der Waals surface area contributed by atoms with Crippen molar-refractivity contribution in [1.82, 2.24) is 14.7 Å². The smallest absolute Gasteiger partial charge is 0.315 e. The van der Waals surface area contributed by atoms with E-state index in [1.165, 1.54) is 0 Å². The van der Waals surface area contributed by atoms with Crippen molar-refractivity contribution in [2.24, 2.45) is 0 Å². The number of aliphatic carboxylic acids is 1. The summed E-state index contributed by atoms with van der Waals surface area (Å²) in [6.07, 6.45) is 0. The predicted octanol–water partition coefficient (Wildman–Crippen LogP) is -0.0375. The van der Waals surface area contributed by atoms with Crippen molar-refractivity contribution in [2.45, 2.75) is 13.8 Å². The second-order valence-electron chi connectivity index (χ2n) is 5.26. The third kappa shape index (κ3) is 24.5. The zero-order chi connectivity index (χ0) is 20.2. The van der Waals surface area contributed by atoms with Gasteiger partial charge in [0, 0.05) is 85.1 Å². The fourth-order valence-corrected chi connectivity index (χ4v) is 2.29. The molecule has 1 rings (SSSR count). The molecule has 28 heavy (non-hydrogen) atoms. The normalized spacial score (nSPS) is 16.6.